The topological polar surface area (TPSA) is 61.9 Å². The minimum Gasteiger partial charge on any atom is -0.497 e. The molecule has 0 aromatic heterocycles. The van der Waals surface area contributed by atoms with E-state index >= 15 is 0 Å². The Bertz CT molecular complexity index is 844. The van der Waals surface area contributed by atoms with Crippen LogP contribution in [0.1, 0.15) is 25.0 Å². The van der Waals surface area contributed by atoms with Gasteiger partial charge in [0.05, 0.1) is 13.5 Å². The normalized spacial score (nSPS) is 15.5. The number of nitrogens with zero attached hydrogens (tertiary/aromatic N) is 2. The Labute approximate surface area is 185 Å². The lowest BCUT2D eigenvalue weighted by Crippen LogP contribution is -2.56. The Hall–Kier alpha value is -2.86. The number of methoxy groups -OCH3 is 1. The summed E-state index contributed by atoms with van der Waals surface area (Å²) in [5.74, 6) is 0.787. The summed E-state index contributed by atoms with van der Waals surface area (Å²) in [5.41, 5.74) is 2.18. The van der Waals surface area contributed by atoms with Gasteiger partial charge in [0.25, 0.3) is 0 Å². The standard InChI is InChI=1S/C25H33N3O3/c1-19(2)24(26-23(29)17-20-7-5-4-6-8-20)25(30)28-15-13-27(14-16-28)18-21-9-11-22(31-3)12-10-21/h4-12,19,24H,13-18H2,1-3H3,(H,26,29)/t24-/m0/s1. The van der Waals surface area contributed by atoms with Crippen LogP contribution in [0.15, 0.2) is 54.6 Å². The Balaban J connectivity index is 1.51. The molecular formula is C25H33N3O3. The van der Waals surface area contributed by atoms with Crippen molar-refractivity contribution < 1.29 is 14.3 Å². The van der Waals surface area contributed by atoms with Crippen LogP contribution in [-0.4, -0.2) is 60.9 Å². The van der Waals surface area contributed by atoms with Crippen molar-refractivity contribution in [2.24, 2.45) is 5.92 Å². The van der Waals surface area contributed by atoms with Crippen molar-refractivity contribution in [3.8, 4) is 5.75 Å². The number of benzene rings is 2. The van der Waals surface area contributed by atoms with Crippen molar-refractivity contribution in [3.05, 3.63) is 65.7 Å². The molecule has 6 heteroatoms. The van der Waals surface area contributed by atoms with Gasteiger partial charge in [-0.3, -0.25) is 14.5 Å². The van der Waals surface area contributed by atoms with Crippen molar-refractivity contribution in [2.45, 2.75) is 32.9 Å². The largest absolute Gasteiger partial charge is 0.497 e. The molecule has 0 spiro atoms. The predicted octanol–water partition coefficient (Wildman–Crippen LogP) is 2.72. The van der Waals surface area contributed by atoms with Crippen LogP contribution in [0.2, 0.25) is 0 Å². The second-order valence-electron chi connectivity index (χ2n) is 8.40. The van der Waals surface area contributed by atoms with Crippen LogP contribution in [0.5, 0.6) is 5.75 Å². The molecule has 1 N–H and O–H groups in total. The molecule has 3 rings (SSSR count). The quantitative estimate of drug-likeness (QED) is 0.709. The minimum absolute atomic E-state index is 0.0144. The zero-order chi connectivity index (χ0) is 22.2. The van der Waals surface area contributed by atoms with E-state index in [4.69, 9.17) is 4.74 Å². The van der Waals surface area contributed by atoms with E-state index in [0.29, 0.717) is 13.1 Å². The van der Waals surface area contributed by atoms with Gasteiger partial charge in [0.1, 0.15) is 11.8 Å². The van der Waals surface area contributed by atoms with Crippen LogP contribution in [0.4, 0.5) is 0 Å². The van der Waals surface area contributed by atoms with Crippen molar-refractivity contribution in [1.29, 1.82) is 0 Å². The average molecular weight is 424 g/mol. The summed E-state index contributed by atoms with van der Waals surface area (Å²) in [6.07, 6.45) is 0.285. The number of piperazine rings is 1. The summed E-state index contributed by atoms with van der Waals surface area (Å²) in [6, 6.07) is 17.2. The van der Waals surface area contributed by atoms with Crippen LogP contribution in [0.3, 0.4) is 0 Å². The molecule has 0 saturated carbocycles. The smallest absolute Gasteiger partial charge is 0.245 e. The number of rotatable bonds is 8. The molecule has 31 heavy (non-hydrogen) atoms. The van der Waals surface area contributed by atoms with Gasteiger partial charge in [-0.05, 0) is 29.2 Å². The van der Waals surface area contributed by atoms with E-state index in [2.05, 4.69) is 22.3 Å². The monoisotopic (exact) mass is 423 g/mol. The third-order valence-corrected chi connectivity index (χ3v) is 5.71. The molecular weight excluding hydrogens is 390 g/mol. The fraction of sp³-hybridized carbons (Fsp3) is 0.440. The van der Waals surface area contributed by atoms with Gasteiger partial charge in [-0.2, -0.15) is 0 Å². The van der Waals surface area contributed by atoms with Gasteiger partial charge in [-0.1, -0.05) is 56.3 Å². The van der Waals surface area contributed by atoms with Crippen molar-refractivity contribution >= 4 is 11.8 Å². The molecule has 6 nitrogen and oxygen atoms in total. The minimum atomic E-state index is -0.496. The maximum atomic E-state index is 13.1. The number of nitrogens with one attached hydrogen (secondary N) is 1. The van der Waals surface area contributed by atoms with Gasteiger partial charge in [-0.25, -0.2) is 0 Å². The average Bonchev–Trinajstić information content (AvgIpc) is 2.78. The summed E-state index contributed by atoms with van der Waals surface area (Å²) in [4.78, 5) is 29.9. The van der Waals surface area contributed by atoms with Crippen LogP contribution in [0, 0.1) is 5.92 Å². The van der Waals surface area contributed by atoms with Gasteiger partial charge in [0, 0.05) is 32.7 Å². The Morgan fingerprint density at radius 2 is 1.58 bits per heavy atom. The highest BCUT2D eigenvalue weighted by Crippen LogP contribution is 2.15. The first-order valence-electron chi connectivity index (χ1n) is 10.9. The SMILES string of the molecule is COc1ccc(CN2CCN(C(=O)[C@@H](NC(=O)Cc3ccccc3)C(C)C)CC2)cc1. The van der Waals surface area contributed by atoms with Gasteiger partial charge in [0.15, 0.2) is 0 Å². The first kappa shape index (κ1) is 22.8. The molecule has 1 fully saturated rings. The molecule has 166 valence electrons. The summed E-state index contributed by atoms with van der Waals surface area (Å²) in [7, 11) is 1.67. The third kappa shape index (κ3) is 6.56. The lowest BCUT2D eigenvalue weighted by molar-refractivity contribution is -0.139. The number of ether oxygens (including phenoxy) is 1. The van der Waals surface area contributed by atoms with Crippen molar-refractivity contribution in [1.82, 2.24) is 15.1 Å². The van der Waals surface area contributed by atoms with Gasteiger partial charge in [0.2, 0.25) is 11.8 Å². The molecule has 1 aliphatic rings. The second kappa shape index (κ2) is 11.0. The molecule has 1 heterocycles. The van der Waals surface area contributed by atoms with E-state index in [1.807, 2.05) is 61.2 Å². The van der Waals surface area contributed by atoms with E-state index in [0.717, 1.165) is 30.9 Å². The Morgan fingerprint density at radius 3 is 2.16 bits per heavy atom. The molecule has 0 radical (unpaired) electrons. The first-order chi connectivity index (χ1) is 15.0. The Morgan fingerprint density at radius 1 is 0.935 bits per heavy atom. The van der Waals surface area contributed by atoms with E-state index in [-0.39, 0.29) is 24.2 Å². The molecule has 0 unspecified atom stereocenters. The summed E-state index contributed by atoms with van der Waals surface area (Å²) >= 11 is 0. The lowest BCUT2D eigenvalue weighted by atomic mass is 10.0. The van der Waals surface area contributed by atoms with Crippen LogP contribution in [0.25, 0.3) is 0 Å². The van der Waals surface area contributed by atoms with E-state index in [1.54, 1.807) is 7.11 Å². The first-order valence-corrected chi connectivity index (χ1v) is 10.9. The number of hydrogen-bond donors (Lipinski definition) is 1. The van der Waals surface area contributed by atoms with E-state index < -0.39 is 6.04 Å². The molecule has 0 bridgehead atoms. The molecule has 2 aromatic carbocycles. The molecule has 0 aliphatic carbocycles. The number of hydrogen-bond acceptors (Lipinski definition) is 4. The predicted molar refractivity (Wildman–Crippen MR) is 122 cm³/mol. The van der Waals surface area contributed by atoms with Crippen LogP contribution >= 0.6 is 0 Å². The molecule has 2 aromatic rings. The van der Waals surface area contributed by atoms with Crippen LogP contribution in [-0.2, 0) is 22.6 Å². The van der Waals surface area contributed by atoms with E-state index in [9.17, 15) is 9.59 Å². The highest BCUT2D eigenvalue weighted by atomic mass is 16.5. The zero-order valence-corrected chi connectivity index (χ0v) is 18.7. The molecule has 2 amide bonds. The number of carbonyl (C=O) groups excluding carboxylic acids is 2. The summed E-state index contributed by atoms with van der Waals surface area (Å²) in [5, 5.41) is 2.97. The highest BCUT2D eigenvalue weighted by Gasteiger charge is 2.30. The summed E-state index contributed by atoms with van der Waals surface area (Å²) < 4.78 is 5.21. The number of carbonyl (C=O) groups is 2. The fourth-order valence-electron chi connectivity index (χ4n) is 3.83. The van der Waals surface area contributed by atoms with Gasteiger partial charge >= 0.3 is 0 Å². The molecule has 1 saturated heterocycles. The number of amides is 2. The summed E-state index contributed by atoms with van der Waals surface area (Å²) in [6.45, 7) is 7.80. The van der Waals surface area contributed by atoms with Crippen molar-refractivity contribution in [3.63, 3.8) is 0 Å². The molecule has 1 atom stereocenters. The second-order valence-corrected chi connectivity index (χ2v) is 8.40. The zero-order valence-electron chi connectivity index (χ0n) is 18.7. The van der Waals surface area contributed by atoms with Gasteiger partial charge < -0.3 is 15.0 Å². The van der Waals surface area contributed by atoms with Crippen LogP contribution < -0.4 is 10.1 Å². The third-order valence-electron chi connectivity index (χ3n) is 5.71. The maximum absolute atomic E-state index is 13.1. The fourth-order valence-corrected chi connectivity index (χ4v) is 3.83. The highest BCUT2D eigenvalue weighted by molar-refractivity contribution is 5.88. The maximum Gasteiger partial charge on any atom is 0.245 e. The molecule has 1 aliphatic heterocycles. The Kier molecular flexibility index (Phi) is 8.06. The van der Waals surface area contributed by atoms with Gasteiger partial charge in [-0.15, -0.1) is 0 Å². The van der Waals surface area contributed by atoms with E-state index in [1.165, 1.54) is 5.56 Å². The lowest BCUT2D eigenvalue weighted by Gasteiger charge is -2.37. The van der Waals surface area contributed by atoms with Crippen molar-refractivity contribution in [2.75, 3.05) is 33.3 Å².